The van der Waals surface area contributed by atoms with Crippen LogP contribution in [0.2, 0.25) is 0 Å². The summed E-state index contributed by atoms with van der Waals surface area (Å²) < 4.78 is 31.9. The number of aliphatic hydroxyl groups is 2. The summed E-state index contributed by atoms with van der Waals surface area (Å²) in [6.07, 6.45) is 5.60. The number of ether oxygens (including phenoxy) is 4. The maximum Gasteiger partial charge on any atom is 0.339 e. The van der Waals surface area contributed by atoms with Gasteiger partial charge in [0.25, 0.3) is 0 Å². The van der Waals surface area contributed by atoms with E-state index in [9.17, 15) is 24.6 Å². The number of fused-ring (bicyclic) bond motifs is 1. The second-order valence-electron chi connectivity index (χ2n) is 19.5. The number of carbonyl (C=O) groups excluding carboxylic acids is 3. The highest BCUT2D eigenvalue weighted by atomic mass is 16.7. The minimum Gasteiger partial charge on any atom is -0.469 e. The maximum absolute atomic E-state index is 15.0. The first-order valence-electron chi connectivity index (χ1n) is 20.8. The van der Waals surface area contributed by atoms with Crippen molar-refractivity contribution in [3.8, 4) is 0 Å². The summed E-state index contributed by atoms with van der Waals surface area (Å²) in [5.74, 6) is -0.558. The Balaban J connectivity index is 1.04. The molecular formula is C42H60N2O10. The maximum atomic E-state index is 15.0. The van der Waals surface area contributed by atoms with E-state index in [0.29, 0.717) is 49.3 Å². The molecule has 15 unspecified atom stereocenters. The van der Waals surface area contributed by atoms with Crippen LogP contribution in [-0.4, -0.2) is 89.4 Å². The molecule has 4 N–H and O–H groups in total. The van der Waals surface area contributed by atoms with E-state index in [1.165, 1.54) is 0 Å². The summed E-state index contributed by atoms with van der Waals surface area (Å²) in [5, 5.41) is 30.6. The van der Waals surface area contributed by atoms with Gasteiger partial charge in [0.05, 0.1) is 36.4 Å². The third-order valence-electron chi connectivity index (χ3n) is 16.3. The Morgan fingerprint density at radius 2 is 1.83 bits per heavy atom. The predicted octanol–water partition coefficient (Wildman–Crippen LogP) is 4.14. The second-order valence-corrected chi connectivity index (χ2v) is 19.5. The van der Waals surface area contributed by atoms with Crippen molar-refractivity contribution in [3.05, 3.63) is 23.7 Å². The standard InChI is InChI=1S/C42H60N2O10/c1-22(2)10-14-39(4)33-32(47)34(48)40(5)29(41(33)20-51-31(46)18-30(41)53-39)11-13-38(3)35(52-37(49)36-42(38,40)54-36)26-12-15-50-28(26)17-24-16-23(7-9-27(24)45)6-8-25-19-43-21-44-25/h12,15,22-25,27,29-30,33-36,43-45,48H,6-11,13-14,16-21H2,1-5H3. The van der Waals surface area contributed by atoms with Crippen molar-refractivity contribution in [2.24, 2.45) is 45.8 Å². The molecule has 15 atom stereocenters. The number of hydrogen-bond donors (Lipinski definition) is 4. The van der Waals surface area contributed by atoms with Crippen molar-refractivity contribution < 1.29 is 48.0 Å². The summed E-state index contributed by atoms with van der Waals surface area (Å²) in [5.41, 5.74) is -4.22. The predicted molar refractivity (Wildman–Crippen MR) is 194 cm³/mol. The largest absolute Gasteiger partial charge is 0.469 e. The first kappa shape index (κ1) is 37.2. The number of furan rings is 1. The Morgan fingerprint density at radius 3 is 2.59 bits per heavy atom. The molecule has 5 aliphatic heterocycles. The van der Waals surface area contributed by atoms with Crippen molar-refractivity contribution in [3.63, 3.8) is 0 Å². The van der Waals surface area contributed by atoms with E-state index in [1.54, 1.807) is 6.26 Å². The Labute approximate surface area is 318 Å². The monoisotopic (exact) mass is 752 g/mol. The normalized spacial score (nSPS) is 49.4. The van der Waals surface area contributed by atoms with Gasteiger partial charge in [0.1, 0.15) is 30.2 Å². The number of aliphatic hydroxyl groups excluding tert-OH is 2. The van der Waals surface area contributed by atoms with Crippen molar-refractivity contribution in [2.45, 2.75) is 153 Å². The van der Waals surface area contributed by atoms with E-state index in [-0.39, 0.29) is 36.6 Å². The Kier molecular flexibility index (Phi) is 8.85. The van der Waals surface area contributed by atoms with Crippen molar-refractivity contribution in [1.82, 2.24) is 10.6 Å². The lowest BCUT2D eigenvalue weighted by atomic mass is 9.36. The first-order chi connectivity index (χ1) is 25.7. The Hall–Kier alpha value is -2.35. The number of hydrogen-bond acceptors (Lipinski definition) is 12. The lowest BCUT2D eigenvalue weighted by Gasteiger charge is -2.66. The van der Waals surface area contributed by atoms with Gasteiger partial charge in [-0.2, -0.15) is 0 Å². The summed E-state index contributed by atoms with van der Waals surface area (Å²) in [4.78, 5) is 41.8. The highest BCUT2D eigenvalue weighted by Crippen LogP contribution is 2.80. The van der Waals surface area contributed by atoms with Gasteiger partial charge >= 0.3 is 11.9 Å². The summed E-state index contributed by atoms with van der Waals surface area (Å²) in [6, 6.07) is 2.37. The fourth-order valence-corrected chi connectivity index (χ4v) is 13.7. The van der Waals surface area contributed by atoms with Gasteiger partial charge in [-0.15, -0.1) is 0 Å². The molecule has 298 valence electrons. The van der Waals surface area contributed by atoms with E-state index < -0.39 is 69.9 Å². The molecule has 12 nitrogen and oxygen atoms in total. The number of epoxide rings is 1. The molecule has 0 radical (unpaired) electrons. The first-order valence-corrected chi connectivity index (χ1v) is 20.8. The molecule has 3 aliphatic carbocycles. The van der Waals surface area contributed by atoms with Gasteiger partial charge in [0.2, 0.25) is 0 Å². The molecule has 1 aromatic rings. The van der Waals surface area contributed by atoms with Gasteiger partial charge in [0.15, 0.2) is 11.9 Å². The summed E-state index contributed by atoms with van der Waals surface area (Å²) >= 11 is 0. The van der Waals surface area contributed by atoms with Crippen LogP contribution in [-0.2, 0) is 39.8 Å². The number of rotatable bonds is 9. The van der Waals surface area contributed by atoms with Crippen molar-refractivity contribution in [1.29, 1.82) is 0 Å². The summed E-state index contributed by atoms with van der Waals surface area (Å²) in [6.45, 7) is 12.1. The lowest BCUT2D eigenvalue weighted by Crippen LogP contribution is -2.76. The van der Waals surface area contributed by atoms with Crippen molar-refractivity contribution in [2.75, 3.05) is 19.8 Å². The topological polar surface area (TPSA) is 169 Å². The zero-order valence-electron chi connectivity index (χ0n) is 32.6. The quantitative estimate of drug-likeness (QED) is 0.211. The molecule has 0 bridgehead atoms. The molecule has 12 heteroatoms. The highest BCUT2D eigenvalue weighted by molar-refractivity contribution is 5.92. The molecule has 0 amide bonds. The van der Waals surface area contributed by atoms with Crippen LogP contribution in [0.15, 0.2) is 16.7 Å². The highest BCUT2D eigenvalue weighted by Gasteiger charge is 2.91. The van der Waals surface area contributed by atoms with Crippen LogP contribution in [0.4, 0.5) is 0 Å². The average Bonchev–Trinajstić information content (AvgIpc) is 3.37. The molecule has 0 aromatic carbocycles. The summed E-state index contributed by atoms with van der Waals surface area (Å²) in [7, 11) is 0. The molecular weight excluding hydrogens is 692 g/mol. The van der Waals surface area contributed by atoms with E-state index in [0.717, 1.165) is 57.3 Å². The molecule has 54 heavy (non-hydrogen) atoms. The smallest absolute Gasteiger partial charge is 0.339 e. The van der Waals surface area contributed by atoms with Crippen LogP contribution in [0, 0.1) is 45.8 Å². The number of esters is 2. The minimum atomic E-state index is -1.43. The van der Waals surface area contributed by atoms with Crippen LogP contribution in [0.25, 0.3) is 0 Å². The van der Waals surface area contributed by atoms with E-state index in [2.05, 4.69) is 31.4 Å². The third kappa shape index (κ3) is 5.04. The van der Waals surface area contributed by atoms with E-state index >= 15 is 0 Å². The Morgan fingerprint density at radius 1 is 1.02 bits per heavy atom. The minimum absolute atomic E-state index is 0.00897. The SMILES string of the molecule is CC(C)CCC1(C)OC2CC(=O)OCC23C1C(=O)C(O)C1(C)C3CCC2(C)C(c3ccoc3CC3CC(CCC4CNCN4)CCC3O)OC(=O)C3OC321. The second kappa shape index (κ2) is 12.8. The van der Waals surface area contributed by atoms with Crippen LogP contribution < -0.4 is 10.6 Å². The van der Waals surface area contributed by atoms with Gasteiger partial charge in [-0.25, -0.2) is 4.79 Å². The Bertz CT molecular complexity index is 1670. The molecule has 2 spiro atoms. The molecule has 8 fully saturated rings. The van der Waals surface area contributed by atoms with Gasteiger partial charge in [-0.3, -0.25) is 9.59 Å². The zero-order chi connectivity index (χ0) is 38.0. The fourth-order valence-electron chi connectivity index (χ4n) is 13.7. The van der Waals surface area contributed by atoms with Crippen LogP contribution in [0.3, 0.4) is 0 Å². The molecule has 3 saturated carbocycles. The number of Topliss-reactive ketones (excluding diaryl/α,β-unsaturated/α-hetero) is 1. The number of cyclic esters (lactones) is 2. The van der Waals surface area contributed by atoms with Gasteiger partial charge in [-0.05, 0) is 94.4 Å². The molecule has 5 saturated heterocycles. The molecule has 1 aromatic heterocycles. The average molecular weight is 753 g/mol. The molecule has 8 aliphatic rings. The van der Waals surface area contributed by atoms with E-state index in [4.69, 9.17) is 23.4 Å². The van der Waals surface area contributed by atoms with Crippen LogP contribution in [0.1, 0.15) is 116 Å². The molecule has 9 rings (SSSR count). The zero-order valence-corrected chi connectivity index (χ0v) is 32.6. The van der Waals surface area contributed by atoms with Gasteiger partial charge < -0.3 is 44.2 Å². The number of nitrogens with one attached hydrogen (secondary N) is 2. The van der Waals surface area contributed by atoms with Crippen LogP contribution in [0.5, 0.6) is 0 Å². The molecule has 6 heterocycles. The van der Waals surface area contributed by atoms with Crippen molar-refractivity contribution >= 4 is 17.7 Å². The third-order valence-corrected chi connectivity index (χ3v) is 16.3. The van der Waals surface area contributed by atoms with Crippen LogP contribution >= 0.6 is 0 Å². The van der Waals surface area contributed by atoms with Gasteiger partial charge in [-0.1, -0.05) is 27.7 Å². The number of carbonyl (C=O) groups is 3. The number of ketones is 1. The van der Waals surface area contributed by atoms with E-state index in [1.807, 2.05) is 19.9 Å². The van der Waals surface area contributed by atoms with Gasteiger partial charge in [0, 0.05) is 47.5 Å². The lowest BCUT2D eigenvalue weighted by molar-refractivity contribution is -0.252. The fraction of sp³-hybridized carbons (Fsp3) is 0.833.